The third kappa shape index (κ3) is 5.83. The SMILES string of the molecule is CCOC(=O)CC(NCc1ccccc1)[C@@H](N)CO. The highest BCUT2D eigenvalue weighted by atomic mass is 16.5. The van der Waals surface area contributed by atoms with Gasteiger partial charge in [0.15, 0.2) is 0 Å². The van der Waals surface area contributed by atoms with Crippen molar-refractivity contribution in [2.75, 3.05) is 13.2 Å². The van der Waals surface area contributed by atoms with Crippen LogP contribution in [0.5, 0.6) is 0 Å². The summed E-state index contributed by atoms with van der Waals surface area (Å²) in [4.78, 5) is 11.5. The average Bonchev–Trinajstić information content (AvgIpc) is 2.44. The first-order chi connectivity index (χ1) is 9.17. The fourth-order valence-electron chi connectivity index (χ4n) is 1.75. The molecule has 0 bridgehead atoms. The quantitative estimate of drug-likeness (QED) is 0.594. The van der Waals surface area contributed by atoms with Crippen LogP contribution in [0.1, 0.15) is 18.9 Å². The molecule has 1 aromatic rings. The summed E-state index contributed by atoms with van der Waals surface area (Å²) in [5, 5.41) is 12.3. The maximum absolute atomic E-state index is 11.5. The molecule has 106 valence electrons. The van der Waals surface area contributed by atoms with E-state index in [1.165, 1.54) is 0 Å². The molecule has 0 fully saturated rings. The summed E-state index contributed by atoms with van der Waals surface area (Å²) < 4.78 is 4.90. The van der Waals surface area contributed by atoms with Crippen molar-refractivity contribution in [1.82, 2.24) is 5.32 Å². The maximum Gasteiger partial charge on any atom is 0.307 e. The Kier molecular flexibility index (Phi) is 7.10. The predicted molar refractivity (Wildman–Crippen MR) is 73.4 cm³/mol. The Bertz CT molecular complexity index is 370. The molecule has 0 aliphatic carbocycles. The average molecular weight is 266 g/mol. The molecule has 19 heavy (non-hydrogen) atoms. The summed E-state index contributed by atoms with van der Waals surface area (Å²) in [6.07, 6.45) is 0.155. The standard InChI is InChI=1S/C14H22N2O3/c1-2-19-14(18)8-13(12(15)10-17)16-9-11-6-4-3-5-7-11/h3-7,12-13,16-17H,2,8-10,15H2,1H3/t12-,13?/m0/s1. The van der Waals surface area contributed by atoms with Gasteiger partial charge in [-0.3, -0.25) is 4.79 Å². The number of aliphatic hydroxyl groups is 1. The van der Waals surface area contributed by atoms with Gasteiger partial charge in [-0.15, -0.1) is 0 Å². The van der Waals surface area contributed by atoms with Crippen molar-refractivity contribution >= 4 is 5.97 Å². The van der Waals surface area contributed by atoms with Gasteiger partial charge in [-0.05, 0) is 12.5 Å². The molecule has 0 amide bonds. The molecule has 0 radical (unpaired) electrons. The van der Waals surface area contributed by atoms with Crippen molar-refractivity contribution in [3.63, 3.8) is 0 Å². The van der Waals surface area contributed by atoms with E-state index in [1.807, 2.05) is 30.3 Å². The van der Waals surface area contributed by atoms with Crippen LogP contribution in [0.2, 0.25) is 0 Å². The molecule has 2 atom stereocenters. The number of rotatable bonds is 8. The number of carbonyl (C=O) groups excluding carboxylic acids is 1. The fraction of sp³-hybridized carbons (Fsp3) is 0.500. The third-order valence-corrected chi connectivity index (χ3v) is 2.83. The van der Waals surface area contributed by atoms with Gasteiger partial charge in [0.2, 0.25) is 0 Å². The number of ether oxygens (including phenoxy) is 1. The lowest BCUT2D eigenvalue weighted by Gasteiger charge is -2.23. The van der Waals surface area contributed by atoms with Crippen LogP contribution in [0.15, 0.2) is 30.3 Å². The fourth-order valence-corrected chi connectivity index (χ4v) is 1.75. The van der Waals surface area contributed by atoms with Gasteiger partial charge in [0.25, 0.3) is 0 Å². The lowest BCUT2D eigenvalue weighted by Crippen LogP contribution is -2.48. The molecule has 0 aromatic heterocycles. The topological polar surface area (TPSA) is 84.6 Å². The molecule has 1 unspecified atom stereocenters. The smallest absolute Gasteiger partial charge is 0.307 e. The van der Waals surface area contributed by atoms with E-state index in [0.29, 0.717) is 13.2 Å². The Morgan fingerprint density at radius 1 is 1.42 bits per heavy atom. The van der Waals surface area contributed by atoms with Gasteiger partial charge in [0, 0.05) is 18.6 Å². The molecule has 0 spiro atoms. The van der Waals surface area contributed by atoms with Crippen LogP contribution in [0.4, 0.5) is 0 Å². The summed E-state index contributed by atoms with van der Waals surface area (Å²) in [5.74, 6) is -0.308. The summed E-state index contributed by atoms with van der Waals surface area (Å²) in [6, 6.07) is 9.01. The highest BCUT2D eigenvalue weighted by Crippen LogP contribution is 2.03. The molecule has 0 aliphatic heterocycles. The molecular formula is C14H22N2O3. The van der Waals surface area contributed by atoms with E-state index in [2.05, 4.69) is 5.32 Å². The first-order valence-electron chi connectivity index (χ1n) is 6.46. The number of hydrogen-bond donors (Lipinski definition) is 3. The lowest BCUT2D eigenvalue weighted by atomic mass is 10.1. The van der Waals surface area contributed by atoms with Crippen LogP contribution in [0.25, 0.3) is 0 Å². The monoisotopic (exact) mass is 266 g/mol. The summed E-state index contributed by atoms with van der Waals surface area (Å²) >= 11 is 0. The lowest BCUT2D eigenvalue weighted by molar-refractivity contribution is -0.143. The second-order valence-corrected chi connectivity index (χ2v) is 4.33. The number of nitrogens with two attached hydrogens (primary N) is 1. The minimum Gasteiger partial charge on any atom is -0.466 e. The zero-order valence-electron chi connectivity index (χ0n) is 11.2. The summed E-state index contributed by atoms with van der Waals surface area (Å²) in [6.45, 7) is 2.53. The van der Waals surface area contributed by atoms with E-state index in [1.54, 1.807) is 6.92 Å². The van der Waals surface area contributed by atoms with E-state index in [0.717, 1.165) is 5.56 Å². The highest BCUT2D eigenvalue weighted by molar-refractivity contribution is 5.70. The van der Waals surface area contributed by atoms with Crippen LogP contribution in [0.3, 0.4) is 0 Å². The zero-order chi connectivity index (χ0) is 14.1. The second kappa shape index (κ2) is 8.63. The van der Waals surface area contributed by atoms with Crippen molar-refractivity contribution in [1.29, 1.82) is 0 Å². The largest absolute Gasteiger partial charge is 0.466 e. The van der Waals surface area contributed by atoms with Crippen LogP contribution in [-0.4, -0.2) is 36.4 Å². The molecule has 0 aliphatic rings. The molecule has 1 aromatic carbocycles. The van der Waals surface area contributed by atoms with Crippen molar-refractivity contribution in [2.24, 2.45) is 5.73 Å². The maximum atomic E-state index is 11.5. The second-order valence-electron chi connectivity index (χ2n) is 4.33. The van der Waals surface area contributed by atoms with Crippen LogP contribution in [0, 0.1) is 0 Å². The molecule has 5 heteroatoms. The Balaban J connectivity index is 2.52. The minimum atomic E-state index is -0.492. The van der Waals surface area contributed by atoms with Gasteiger partial charge < -0.3 is 20.9 Å². The normalized spacial score (nSPS) is 13.8. The Hall–Kier alpha value is -1.43. The Labute approximate surface area is 113 Å². The van der Waals surface area contributed by atoms with Crippen molar-refractivity contribution in [3.8, 4) is 0 Å². The van der Waals surface area contributed by atoms with E-state index in [4.69, 9.17) is 15.6 Å². The summed E-state index contributed by atoms with van der Waals surface area (Å²) in [7, 11) is 0. The van der Waals surface area contributed by atoms with E-state index < -0.39 is 6.04 Å². The predicted octanol–water partition coefficient (Wildman–Crippen LogP) is 0.418. The van der Waals surface area contributed by atoms with E-state index in [-0.39, 0.29) is 25.0 Å². The first-order valence-corrected chi connectivity index (χ1v) is 6.46. The number of nitrogens with one attached hydrogen (secondary N) is 1. The summed E-state index contributed by atoms with van der Waals surface area (Å²) in [5.41, 5.74) is 6.90. The van der Waals surface area contributed by atoms with Gasteiger partial charge >= 0.3 is 5.97 Å². The van der Waals surface area contributed by atoms with Gasteiger partial charge in [0.1, 0.15) is 0 Å². The highest BCUT2D eigenvalue weighted by Gasteiger charge is 2.20. The zero-order valence-corrected chi connectivity index (χ0v) is 11.2. The minimum absolute atomic E-state index is 0.155. The molecule has 0 saturated carbocycles. The molecule has 1 rings (SSSR count). The van der Waals surface area contributed by atoms with Crippen LogP contribution < -0.4 is 11.1 Å². The molecule has 0 saturated heterocycles. The van der Waals surface area contributed by atoms with E-state index >= 15 is 0 Å². The Morgan fingerprint density at radius 3 is 2.68 bits per heavy atom. The molecular weight excluding hydrogens is 244 g/mol. The number of esters is 1. The van der Waals surface area contributed by atoms with Crippen molar-refractivity contribution in [2.45, 2.75) is 32.0 Å². The number of benzene rings is 1. The van der Waals surface area contributed by atoms with Gasteiger partial charge in [-0.1, -0.05) is 30.3 Å². The van der Waals surface area contributed by atoms with Crippen molar-refractivity contribution in [3.05, 3.63) is 35.9 Å². The van der Waals surface area contributed by atoms with Gasteiger partial charge in [-0.25, -0.2) is 0 Å². The van der Waals surface area contributed by atoms with Gasteiger partial charge in [0.05, 0.1) is 19.6 Å². The third-order valence-electron chi connectivity index (χ3n) is 2.83. The number of carbonyl (C=O) groups is 1. The number of aliphatic hydroxyl groups excluding tert-OH is 1. The molecule has 5 nitrogen and oxygen atoms in total. The van der Waals surface area contributed by atoms with Gasteiger partial charge in [-0.2, -0.15) is 0 Å². The van der Waals surface area contributed by atoms with Crippen LogP contribution in [-0.2, 0) is 16.1 Å². The van der Waals surface area contributed by atoms with Crippen molar-refractivity contribution < 1.29 is 14.6 Å². The van der Waals surface area contributed by atoms with Crippen LogP contribution >= 0.6 is 0 Å². The molecule has 4 N–H and O–H groups in total. The van der Waals surface area contributed by atoms with E-state index in [9.17, 15) is 4.79 Å². The first kappa shape index (κ1) is 15.6. The Morgan fingerprint density at radius 2 is 2.11 bits per heavy atom. The number of hydrogen-bond acceptors (Lipinski definition) is 5. The molecule has 0 heterocycles.